The Hall–Kier alpha value is -5.87. The lowest BCUT2D eigenvalue weighted by atomic mass is 9.99. The van der Waals surface area contributed by atoms with Crippen LogP contribution >= 0.6 is 0 Å². The maximum Gasteiger partial charge on any atom is 0.160 e. The Morgan fingerprint density at radius 1 is 0.419 bits per heavy atom. The van der Waals surface area contributed by atoms with Crippen molar-refractivity contribution in [3.63, 3.8) is 0 Å². The van der Waals surface area contributed by atoms with Gasteiger partial charge in [0.15, 0.2) is 5.82 Å². The number of para-hydroxylation sites is 2. The van der Waals surface area contributed by atoms with Crippen LogP contribution in [-0.4, -0.2) is 15.0 Å². The van der Waals surface area contributed by atoms with Crippen LogP contribution in [0.25, 0.3) is 78.2 Å². The van der Waals surface area contributed by atoms with Crippen molar-refractivity contribution in [1.29, 1.82) is 0 Å². The normalized spacial score (nSPS) is 11.3. The summed E-state index contributed by atoms with van der Waals surface area (Å²) in [7, 11) is 0. The van der Waals surface area contributed by atoms with E-state index in [0.29, 0.717) is 5.82 Å². The Labute approximate surface area is 249 Å². The Morgan fingerprint density at radius 2 is 1.07 bits per heavy atom. The SMILES string of the molecule is c1ccc(-c2cc(-c3ccc(-c4cccc5c4oc4ccccc45)cc3)nc(-c3cccc(-c4ccccn4)c3)n2)cc1. The number of benzene rings is 5. The summed E-state index contributed by atoms with van der Waals surface area (Å²) in [6.07, 6.45) is 1.81. The molecule has 0 aliphatic carbocycles. The molecule has 0 unspecified atom stereocenters. The Kier molecular flexibility index (Phi) is 6.08. The van der Waals surface area contributed by atoms with Crippen molar-refractivity contribution in [3.8, 4) is 56.3 Å². The molecule has 0 N–H and O–H groups in total. The Morgan fingerprint density at radius 3 is 1.88 bits per heavy atom. The standard InChI is InChI=1S/C39H25N3O/c1-2-10-27(11-3-1)35-25-36(42-39(41-35)30-13-8-12-29(24-30)34-17-6-7-23-40-34)28-21-19-26(20-22-28)31-15-9-16-33-32-14-4-5-18-37(32)43-38(31)33/h1-25H. The number of nitrogens with zero attached hydrogens (tertiary/aromatic N) is 3. The lowest BCUT2D eigenvalue weighted by molar-refractivity contribution is 0.670. The molecule has 0 aliphatic heterocycles. The van der Waals surface area contributed by atoms with Gasteiger partial charge in [0.25, 0.3) is 0 Å². The number of fused-ring (bicyclic) bond motifs is 3. The molecule has 0 amide bonds. The molecule has 0 fully saturated rings. The molecule has 0 saturated heterocycles. The minimum Gasteiger partial charge on any atom is -0.455 e. The van der Waals surface area contributed by atoms with Gasteiger partial charge in [0, 0.05) is 44.8 Å². The first-order valence-corrected chi connectivity index (χ1v) is 14.3. The van der Waals surface area contributed by atoms with Crippen molar-refractivity contribution in [2.45, 2.75) is 0 Å². The van der Waals surface area contributed by atoms with E-state index in [9.17, 15) is 0 Å². The van der Waals surface area contributed by atoms with E-state index in [4.69, 9.17) is 14.4 Å². The molecule has 0 atom stereocenters. The van der Waals surface area contributed by atoms with Gasteiger partial charge in [-0.2, -0.15) is 0 Å². The topological polar surface area (TPSA) is 51.8 Å². The number of pyridine rings is 1. The fourth-order valence-electron chi connectivity index (χ4n) is 5.63. The lowest BCUT2D eigenvalue weighted by Crippen LogP contribution is -1.96. The van der Waals surface area contributed by atoms with E-state index in [1.54, 1.807) is 0 Å². The summed E-state index contributed by atoms with van der Waals surface area (Å²) in [5, 5.41) is 2.25. The van der Waals surface area contributed by atoms with Gasteiger partial charge in [0.05, 0.1) is 17.1 Å². The second-order valence-electron chi connectivity index (χ2n) is 10.5. The second-order valence-corrected chi connectivity index (χ2v) is 10.5. The molecule has 4 heteroatoms. The molecular formula is C39H25N3O. The molecule has 0 radical (unpaired) electrons. The van der Waals surface area contributed by atoms with Crippen molar-refractivity contribution in [3.05, 3.63) is 152 Å². The van der Waals surface area contributed by atoms with Crippen molar-refractivity contribution in [2.75, 3.05) is 0 Å². The van der Waals surface area contributed by atoms with Crippen molar-refractivity contribution >= 4 is 21.9 Å². The average Bonchev–Trinajstić information content (AvgIpc) is 3.48. The van der Waals surface area contributed by atoms with E-state index in [0.717, 1.165) is 72.4 Å². The number of furan rings is 1. The third-order valence-corrected chi connectivity index (χ3v) is 7.77. The van der Waals surface area contributed by atoms with E-state index in [1.165, 1.54) is 0 Å². The molecule has 3 aromatic heterocycles. The summed E-state index contributed by atoms with van der Waals surface area (Å²) in [6, 6.07) is 49.6. The van der Waals surface area contributed by atoms with Gasteiger partial charge >= 0.3 is 0 Å². The predicted octanol–water partition coefficient (Wildman–Crippen LogP) is 10.1. The first-order valence-electron chi connectivity index (χ1n) is 14.3. The summed E-state index contributed by atoms with van der Waals surface area (Å²) in [6.45, 7) is 0. The molecule has 0 bridgehead atoms. The van der Waals surface area contributed by atoms with Crippen LogP contribution in [0.4, 0.5) is 0 Å². The summed E-state index contributed by atoms with van der Waals surface area (Å²) in [5.74, 6) is 0.672. The molecule has 5 aromatic carbocycles. The highest BCUT2D eigenvalue weighted by Gasteiger charge is 2.14. The van der Waals surface area contributed by atoms with Gasteiger partial charge in [-0.25, -0.2) is 9.97 Å². The fraction of sp³-hybridized carbons (Fsp3) is 0. The van der Waals surface area contributed by atoms with E-state index in [2.05, 4.69) is 89.9 Å². The molecule has 0 saturated carbocycles. The van der Waals surface area contributed by atoms with Crippen molar-refractivity contribution < 1.29 is 4.42 Å². The fourth-order valence-corrected chi connectivity index (χ4v) is 5.63. The van der Waals surface area contributed by atoms with Crippen molar-refractivity contribution in [1.82, 2.24) is 15.0 Å². The molecule has 4 nitrogen and oxygen atoms in total. The highest BCUT2D eigenvalue weighted by Crippen LogP contribution is 2.36. The Balaban J connectivity index is 1.22. The first kappa shape index (κ1) is 24.9. The van der Waals surface area contributed by atoms with Gasteiger partial charge in [-0.05, 0) is 35.9 Å². The predicted molar refractivity (Wildman–Crippen MR) is 174 cm³/mol. The zero-order chi connectivity index (χ0) is 28.6. The number of rotatable bonds is 5. The van der Waals surface area contributed by atoms with Crippen LogP contribution in [0.5, 0.6) is 0 Å². The van der Waals surface area contributed by atoms with Crippen LogP contribution in [0.3, 0.4) is 0 Å². The number of aromatic nitrogens is 3. The van der Waals surface area contributed by atoms with Gasteiger partial charge in [-0.15, -0.1) is 0 Å². The van der Waals surface area contributed by atoms with E-state index in [1.807, 2.05) is 66.9 Å². The van der Waals surface area contributed by atoms with E-state index < -0.39 is 0 Å². The average molecular weight is 552 g/mol. The van der Waals surface area contributed by atoms with Crippen LogP contribution in [0, 0.1) is 0 Å². The highest BCUT2D eigenvalue weighted by atomic mass is 16.3. The molecule has 0 spiro atoms. The number of hydrogen-bond donors (Lipinski definition) is 0. The molecule has 3 heterocycles. The summed E-state index contributed by atoms with van der Waals surface area (Å²) < 4.78 is 6.30. The van der Waals surface area contributed by atoms with Gasteiger partial charge < -0.3 is 4.42 Å². The molecular weight excluding hydrogens is 526 g/mol. The maximum atomic E-state index is 6.30. The van der Waals surface area contributed by atoms with Crippen LogP contribution < -0.4 is 0 Å². The zero-order valence-corrected chi connectivity index (χ0v) is 23.2. The van der Waals surface area contributed by atoms with Gasteiger partial charge in [0.2, 0.25) is 0 Å². The molecule has 8 aromatic rings. The van der Waals surface area contributed by atoms with E-state index >= 15 is 0 Å². The molecule has 43 heavy (non-hydrogen) atoms. The third kappa shape index (κ3) is 4.65. The second kappa shape index (κ2) is 10.5. The van der Waals surface area contributed by atoms with E-state index in [-0.39, 0.29) is 0 Å². The quantitative estimate of drug-likeness (QED) is 0.214. The summed E-state index contributed by atoms with van der Waals surface area (Å²) in [4.78, 5) is 14.6. The summed E-state index contributed by atoms with van der Waals surface area (Å²) in [5.41, 5.74) is 10.6. The lowest BCUT2D eigenvalue weighted by Gasteiger charge is -2.11. The Bertz CT molecular complexity index is 2220. The van der Waals surface area contributed by atoms with Crippen LogP contribution in [0.2, 0.25) is 0 Å². The van der Waals surface area contributed by atoms with Crippen LogP contribution in [0.15, 0.2) is 156 Å². The van der Waals surface area contributed by atoms with Crippen molar-refractivity contribution in [2.24, 2.45) is 0 Å². The first-order chi connectivity index (χ1) is 21.3. The van der Waals surface area contributed by atoms with Crippen LogP contribution in [-0.2, 0) is 0 Å². The van der Waals surface area contributed by atoms with Gasteiger partial charge in [0.1, 0.15) is 11.2 Å². The monoisotopic (exact) mass is 551 g/mol. The van der Waals surface area contributed by atoms with Crippen LogP contribution in [0.1, 0.15) is 0 Å². The van der Waals surface area contributed by atoms with Gasteiger partial charge in [-0.3, -0.25) is 4.98 Å². The minimum atomic E-state index is 0.672. The number of hydrogen-bond acceptors (Lipinski definition) is 4. The maximum absolute atomic E-state index is 6.30. The zero-order valence-electron chi connectivity index (χ0n) is 23.2. The molecule has 8 rings (SSSR count). The minimum absolute atomic E-state index is 0.672. The molecule has 0 aliphatic rings. The molecule has 202 valence electrons. The highest BCUT2D eigenvalue weighted by molar-refractivity contribution is 6.09. The smallest absolute Gasteiger partial charge is 0.160 e. The largest absolute Gasteiger partial charge is 0.455 e. The summed E-state index contributed by atoms with van der Waals surface area (Å²) >= 11 is 0. The van der Waals surface area contributed by atoms with Gasteiger partial charge in [-0.1, -0.05) is 115 Å². The third-order valence-electron chi connectivity index (χ3n) is 7.77.